The van der Waals surface area contributed by atoms with Crippen LogP contribution in [0, 0.1) is 11.3 Å². The topological polar surface area (TPSA) is 71.1 Å². The zero-order valence-electron chi connectivity index (χ0n) is 13.5. The van der Waals surface area contributed by atoms with Gasteiger partial charge in [0.25, 0.3) is 0 Å². The number of ether oxygens (including phenoxy) is 1. The van der Waals surface area contributed by atoms with Crippen molar-refractivity contribution in [3.63, 3.8) is 0 Å². The zero-order valence-corrected chi connectivity index (χ0v) is 13.5. The summed E-state index contributed by atoms with van der Waals surface area (Å²) in [5.41, 5.74) is 2.13. The Morgan fingerprint density at radius 3 is 2.46 bits per heavy atom. The minimum Gasteiger partial charge on any atom is -0.497 e. The minimum absolute atomic E-state index is 0.00466. The Balaban J connectivity index is 1.86. The lowest BCUT2D eigenvalue weighted by Crippen LogP contribution is -2.06. The number of oxazole rings is 1. The van der Waals surface area contributed by atoms with Crippen LogP contribution >= 0.6 is 0 Å². The Kier molecular flexibility index (Phi) is 4.48. The molecular formula is C19H17N3O2. The predicted molar refractivity (Wildman–Crippen MR) is 91.7 cm³/mol. The number of nitriles is 1. The van der Waals surface area contributed by atoms with Crippen LogP contribution in [0.1, 0.15) is 24.2 Å². The van der Waals surface area contributed by atoms with Crippen molar-refractivity contribution in [2.24, 2.45) is 0 Å². The second-order valence-electron chi connectivity index (χ2n) is 5.31. The van der Waals surface area contributed by atoms with Crippen LogP contribution in [0.4, 0.5) is 5.88 Å². The first-order chi connectivity index (χ1) is 11.7. The summed E-state index contributed by atoms with van der Waals surface area (Å²) in [6.07, 6.45) is 0. The first-order valence-corrected chi connectivity index (χ1v) is 7.58. The van der Waals surface area contributed by atoms with E-state index in [9.17, 15) is 5.26 Å². The third-order valence-electron chi connectivity index (χ3n) is 3.72. The second-order valence-corrected chi connectivity index (χ2v) is 5.31. The number of hydrogen-bond acceptors (Lipinski definition) is 5. The predicted octanol–water partition coefficient (Wildman–Crippen LogP) is 4.39. The summed E-state index contributed by atoms with van der Waals surface area (Å²) in [6, 6.07) is 19.4. The van der Waals surface area contributed by atoms with Crippen molar-refractivity contribution in [1.82, 2.24) is 4.98 Å². The van der Waals surface area contributed by atoms with Crippen molar-refractivity contribution in [1.29, 1.82) is 5.26 Å². The van der Waals surface area contributed by atoms with Gasteiger partial charge >= 0.3 is 0 Å². The molecule has 0 bridgehead atoms. The average molecular weight is 319 g/mol. The van der Waals surface area contributed by atoms with Gasteiger partial charge in [0.05, 0.1) is 13.2 Å². The van der Waals surface area contributed by atoms with Gasteiger partial charge in [-0.25, -0.2) is 0 Å². The highest BCUT2D eigenvalue weighted by molar-refractivity contribution is 5.60. The molecule has 0 fully saturated rings. The van der Waals surface area contributed by atoms with Crippen LogP contribution in [-0.4, -0.2) is 12.1 Å². The number of rotatable bonds is 5. The molecule has 3 aromatic rings. The number of hydrogen-bond donors (Lipinski definition) is 1. The lowest BCUT2D eigenvalue weighted by Gasteiger charge is -2.13. The van der Waals surface area contributed by atoms with Crippen LogP contribution in [0.5, 0.6) is 5.75 Å². The van der Waals surface area contributed by atoms with Crippen molar-refractivity contribution >= 4 is 5.88 Å². The average Bonchev–Trinajstić information content (AvgIpc) is 3.05. The van der Waals surface area contributed by atoms with Gasteiger partial charge in [0.1, 0.15) is 11.8 Å². The summed E-state index contributed by atoms with van der Waals surface area (Å²) in [5, 5.41) is 12.5. The third kappa shape index (κ3) is 3.23. The van der Waals surface area contributed by atoms with Crippen molar-refractivity contribution < 1.29 is 9.15 Å². The highest BCUT2D eigenvalue weighted by Gasteiger charge is 2.17. The monoisotopic (exact) mass is 319 g/mol. The molecule has 0 aliphatic heterocycles. The molecule has 1 aromatic heterocycles. The molecule has 1 atom stereocenters. The summed E-state index contributed by atoms with van der Waals surface area (Å²) in [6.45, 7) is 2.01. The Morgan fingerprint density at radius 2 is 1.83 bits per heavy atom. The maximum Gasteiger partial charge on any atom is 0.233 e. The summed E-state index contributed by atoms with van der Waals surface area (Å²) in [5.74, 6) is 1.53. The standard InChI is InChI=1S/C19H17N3O2/c1-13(14-6-4-3-5-7-14)21-19-17(12-20)22-18(24-19)15-8-10-16(23-2)11-9-15/h3-11,13,21H,1-2H3. The number of nitrogens with zero attached hydrogens (tertiary/aromatic N) is 2. The van der Waals surface area contributed by atoms with E-state index in [1.165, 1.54) is 0 Å². The summed E-state index contributed by atoms with van der Waals surface area (Å²) in [4.78, 5) is 4.27. The fourth-order valence-corrected chi connectivity index (χ4v) is 2.37. The van der Waals surface area contributed by atoms with Gasteiger partial charge in [-0.2, -0.15) is 10.2 Å². The normalized spacial score (nSPS) is 11.5. The van der Waals surface area contributed by atoms with Gasteiger partial charge in [-0.15, -0.1) is 0 Å². The smallest absolute Gasteiger partial charge is 0.233 e. The molecule has 2 aromatic carbocycles. The van der Waals surface area contributed by atoms with E-state index < -0.39 is 0 Å². The van der Waals surface area contributed by atoms with E-state index in [1.54, 1.807) is 7.11 Å². The third-order valence-corrected chi connectivity index (χ3v) is 3.72. The van der Waals surface area contributed by atoms with Crippen LogP contribution < -0.4 is 10.1 Å². The summed E-state index contributed by atoms with van der Waals surface area (Å²) >= 11 is 0. The van der Waals surface area contributed by atoms with Crippen LogP contribution in [-0.2, 0) is 0 Å². The van der Waals surface area contributed by atoms with E-state index in [4.69, 9.17) is 9.15 Å². The molecule has 3 rings (SSSR count). The van der Waals surface area contributed by atoms with Crippen LogP contribution in [0.2, 0.25) is 0 Å². The lowest BCUT2D eigenvalue weighted by atomic mass is 10.1. The fraction of sp³-hybridized carbons (Fsp3) is 0.158. The molecule has 0 saturated heterocycles. The van der Waals surface area contributed by atoms with Gasteiger partial charge in [-0.05, 0) is 36.8 Å². The first-order valence-electron chi connectivity index (χ1n) is 7.58. The Bertz CT molecular complexity index is 849. The molecule has 0 saturated carbocycles. The Hall–Kier alpha value is -3.26. The Labute approximate surface area is 140 Å². The van der Waals surface area contributed by atoms with E-state index in [0.29, 0.717) is 11.8 Å². The van der Waals surface area contributed by atoms with Gasteiger partial charge in [0.15, 0.2) is 0 Å². The Morgan fingerprint density at radius 1 is 1.12 bits per heavy atom. The van der Waals surface area contributed by atoms with Crippen molar-refractivity contribution in [3.05, 3.63) is 65.9 Å². The van der Waals surface area contributed by atoms with Crippen molar-refractivity contribution in [2.75, 3.05) is 12.4 Å². The largest absolute Gasteiger partial charge is 0.497 e. The quantitative estimate of drug-likeness (QED) is 0.755. The van der Waals surface area contributed by atoms with E-state index in [1.807, 2.05) is 61.5 Å². The molecule has 0 spiro atoms. The molecular weight excluding hydrogens is 302 g/mol. The van der Waals surface area contributed by atoms with Crippen LogP contribution in [0.15, 0.2) is 59.0 Å². The molecule has 120 valence electrons. The van der Waals surface area contributed by atoms with E-state index in [0.717, 1.165) is 16.9 Å². The van der Waals surface area contributed by atoms with Gasteiger partial charge in [-0.3, -0.25) is 0 Å². The highest BCUT2D eigenvalue weighted by Crippen LogP contribution is 2.29. The molecule has 24 heavy (non-hydrogen) atoms. The van der Waals surface area contributed by atoms with Crippen LogP contribution in [0.25, 0.3) is 11.5 Å². The number of anilines is 1. The molecule has 0 amide bonds. The number of aromatic nitrogens is 1. The summed E-state index contributed by atoms with van der Waals surface area (Å²) in [7, 11) is 1.61. The molecule has 1 unspecified atom stereocenters. The lowest BCUT2D eigenvalue weighted by molar-refractivity contribution is 0.415. The minimum atomic E-state index is -0.00466. The van der Waals surface area contributed by atoms with Gasteiger partial charge in [0, 0.05) is 5.56 Å². The van der Waals surface area contributed by atoms with Gasteiger partial charge in [0.2, 0.25) is 17.5 Å². The zero-order chi connectivity index (χ0) is 16.9. The SMILES string of the molecule is COc1ccc(-c2nc(C#N)c(NC(C)c3ccccc3)o2)cc1. The van der Waals surface area contributed by atoms with Gasteiger partial charge in [-0.1, -0.05) is 30.3 Å². The van der Waals surface area contributed by atoms with E-state index in [2.05, 4.69) is 16.4 Å². The maximum atomic E-state index is 9.31. The first kappa shape index (κ1) is 15.6. The second kappa shape index (κ2) is 6.88. The van der Waals surface area contributed by atoms with E-state index in [-0.39, 0.29) is 11.7 Å². The number of methoxy groups -OCH3 is 1. The highest BCUT2D eigenvalue weighted by atomic mass is 16.5. The molecule has 0 aliphatic rings. The number of benzene rings is 2. The molecule has 0 aliphatic carbocycles. The van der Waals surface area contributed by atoms with Crippen LogP contribution in [0.3, 0.4) is 0 Å². The summed E-state index contributed by atoms with van der Waals surface area (Å²) < 4.78 is 10.9. The molecule has 1 heterocycles. The number of nitrogens with one attached hydrogen (secondary N) is 1. The van der Waals surface area contributed by atoms with Gasteiger partial charge < -0.3 is 14.5 Å². The fourth-order valence-electron chi connectivity index (χ4n) is 2.37. The molecule has 5 heteroatoms. The maximum absolute atomic E-state index is 9.31. The van der Waals surface area contributed by atoms with E-state index >= 15 is 0 Å². The molecule has 0 radical (unpaired) electrons. The molecule has 5 nitrogen and oxygen atoms in total. The molecule has 1 N–H and O–H groups in total. The van der Waals surface area contributed by atoms with Crippen molar-refractivity contribution in [2.45, 2.75) is 13.0 Å². The van der Waals surface area contributed by atoms with Crippen molar-refractivity contribution in [3.8, 4) is 23.3 Å².